The highest BCUT2D eigenvalue weighted by molar-refractivity contribution is 5.97. The fourth-order valence-corrected chi connectivity index (χ4v) is 0.173. The van der Waals surface area contributed by atoms with Gasteiger partial charge in [0.1, 0.15) is 0 Å². The number of hydrogen-bond donors (Lipinski definition) is 2. The molecule has 4 nitrogen and oxygen atoms in total. The van der Waals surface area contributed by atoms with Gasteiger partial charge in [0.15, 0.2) is 0 Å². The summed E-state index contributed by atoms with van der Waals surface area (Å²) in [5.41, 5.74) is -2.54. The zero-order chi connectivity index (χ0) is 7.49. The van der Waals surface area contributed by atoms with Gasteiger partial charge >= 0.3 is 5.97 Å². The topological polar surface area (TPSA) is 74.6 Å². The maximum absolute atomic E-state index is 9.90. The van der Waals surface area contributed by atoms with Crippen LogP contribution in [-0.2, 0) is 9.59 Å². The zero-order valence-corrected chi connectivity index (χ0v) is 4.50. The third kappa shape index (κ3) is 1.36. The minimum atomic E-state index is -2.54. The van der Waals surface area contributed by atoms with Crippen LogP contribution in [0.2, 0.25) is 0 Å². The Balaban J connectivity index is 4.46. The van der Waals surface area contributed by atoms with E-state index in [2.05, 4.69) is 6.58 Å². The van der Waals surface area contributed by atoms with Crippen molar-refractivity contribution in [2.45, 2.75) is 5.60 Å². The third-order valence-corrected chi connectivity index (χ3v) is 0.777. The van der Waals surface area contributed by atoms with E-state index in [4.69, 9.17) is 10.2 Å². The number of carbonyl (C=O) groups is 1. The lowest BCUT2D eigenvalue weighted by Gasteiger charge is -2.06. The molecule has 0 aliphatic rings. The predicted molar refractivity (Wildman–Crippen MR) is 28.5 cm³/mol. The van der Waals surface area contributed by atoms with Gasteiger partial charge < -0.3 is 10.2 Å². The number of hydrogen-bond acceptors (Lipinski definition) is 3. The van der Waals surface area contributed by atoms with Crippen molar-refractivity contribution >= 4 is 12.3 Å². The lowest BCUT2D eigenvalue weighted by molar-refractivity contribution is -0.147. The molecule has 0 fully saturated rings. The van der Waals surface area contributed by atoms with Gasteiger partial charge in [-0.15, -0.1) is 0 Å². The quantitative estimate of drug-likeness (QED) is 0.382. The molecule has 0 spiro atoms. The standard InChI is InChI=1S/C5H5O4/c1-2-5(9,3-6)4(7)8/h2,9H,1H2,(H,7,8). The van der Waals surface area contributed by atoms with Crippen LogP contribution in [0.3, 0.4) is 0 Å². The van der Waals surface area contributed by atoms with E-state index in [0.717, 1.165) is 6.29 Å². The summed E-state index contributed by atoms with van der Waals surface area (Å²) in [5, 5.41) is 16.6. The zero-order valence-electron chi connectivity index (χ0n) is 4.50. The van der Waals surface area contributed by atoms with Crippen molar-refractivity contribution in [3.8, 4) is 0 Å². The van der Waals surface area contributed by atoms with E-state index in [9.17, 15) is 9.59 Å². The summed E-state index contributed by atoms with van der Waals surface area (Å²) in [7, 11) is 0. The summed E-state index contributed by atoms with van der Waals surface area (Å²) in [6.07, 6.45) is 1.52. The minimum absolute atomic E-state index is 0.600. The fourth-order valence-electron chi connectivity index (χ4n) is 0.173. The molecule has 0 heterocycles. The van der Waals surface area contributed by atoms with Crippen LogP contribution in [0.5, 0.6) is 0 Å². The fraction of sp³-hybridized carbons (Fsp3) is 0.200. The number of carboxylic acids is 1. The number of rotatable bonds is 3. The van der Waals surface area contributed by atoms with E-state index >= 15 is 0 Å². The molecule has 0 saturated heterocycles. The van der Waals surface area contributed by atoms with E-state index in [1.54, 1.807) is 0 Å². The number of aliphatic hydroxyl groups is 1. The van der Waals surface area contributed by atoms with Crippen molar-refractivity contribution in [1.82, 2.24) is 0 Å². The third-order valence-electron chi connectivity index (χ3n) is 0.777. The number of aliphatic carboxylic acids is 1. The summed E-state index contributed by atoms with van der Waals surface area (Å²) in [5.74, 6) is -1.67. The van der Waals surface area contributed by atoms with Crippen molar-refractivity contribution in [1.29, 1.82) is 0 Å². The van der Waals surface area contributed by atoms with E-state index in [1.165, 1.54) is 0 Å². The molecule has 9 heavy (non-hydrogen) atoms. The minimum Gasteiger partial charge on any atom is -0.479 e. The SMILES string of the molecule is C=CC(O)([C]=O)C(=O)O. The van der Waals surface area contributed by atoms with Gasteiger partial charge in [-0.3, -0.25) is 4.79 Å². The highest BCUT2D eigenvalue weighted by Gasteiger charge is 2.32. The van der Waals surface area contributed by atoms with E-state index in [1.807, 2.05) is 0 Å². The van der Waals surface area contributed by atoms with Crippen LogP contribution in [0.4, 0.5) is 0 Å². The summed E-state index contributed by atoms with van der Waals surface area (Å²) in [6.45, 7) is 2.93. The average Bonchev–Trinajstić information content (AvgIpc) is 1.86. The first-order valence-corrected chi connectivity index (χ1v) is 2.05. The van der Waals surface area contributed by atoms with Crippen LogP contribution in [0, 0.1) is 0 Å². The maximum Gasteiger partial charge on any atom is 0.348 e. The van der Waals surface area contributed by atoms with Gasteiger partial charge in [0.05, 0.1) is 0 Å². The Kier molecular flexibility index (Phi) is 2.10. The molecular weight excluding hydrogens is 124 g/mol. The molecule has 0 aliphatic carbocycles. The maximum atomic E-state index is 9.90. The lowest BCUT2D eigenvalue weighted by Crippen LogP contribution is -2.37. The van der Waals surface area contributed by atoms with Crippen molar-refractivity contribution in [2.24, 2.45) is 0 Å². The molecule has 2 N–H and O–H groups in total. The normalized spacial score (nSPS) is 15.7. The smallest absolute Gasteiger partial charge is 0.348 e. The molecule has 1 radical (unpaired) electrons. The summed E-state index contributed by atoms with van der Waals surface area (Å²) >= 11 is 0. The van der Waals surface area contributed by atoms with Gasteiger partial charge in [-0.25, -0.2) is 4.79 Å². The van der Waals surface area contributed by atoms with Crippen LogP contribution in [-0.4, -0.2) is 28.1 Å². The van der Waals surface area contributed by atoms with E-state index < -0.39 is 11.6 Å². The molecule has 49 valence electrons. The molecule has 0 rings (SSSR count). The second kappa shape index (κ2) is 2.41. The molecule has 0 aliphatic heterocycles. The van der Waals surface area contributed by atoms with Crippen LogP contribution in [0.15, 0.2) is 12.7 Å². The second-order valence-electron chi connectivity index (χ2n) is 1.38. The first-order valence-electron chi connectivity index (χ1n) is 2.05. The van der Waals surface area contributed by atoms with E-state index in [-0.39, 0.29) is 0 Å². The molecule has 0 saturated carbocycles. The molecule has 0 bridgehead atoms. The molecular formula is C5H5O4. The molecule has 4 heteroatoms. The lowest BCUT2D eigenvalue weighted by atomic mass is 10.1. The van der Waals surface area contributed by atoms with Crippen LogP contribution >= 0.6 is 0 Å². The second-order valence-corrected chi connectivity index (χ2v) is 1.38. The summed E-state index contributed by atoms with van der Waals surface area (Å²) < 4.78 is 0. The number of carbonyl (C=O) groups excluding carboxylic acids is 1. The van der Waals surface area contributed by atoms with Crippen molar-refractivity contribution in [2.75, 3.05) is 0 Å². The Morgan fingerprint density at radius 2 is 2.22 bits per heavy atom. The summed E-state index contributed by atoms with van der Waals surface area (Å²) in [6, 6.07) is 0. The van der Waals surface area contributed by atoms with Crippen LogP contribution in [0.1, 0.15) is 0 Å². The Morgan fingerprint density at radius 1 is 1.78 bits per heavy atom. The van der Waals surface area contributed by atoms with Crippen molar-refractivity contribution in [3.63, 3.8) is 0 Å². The van der Waals surface area contributed by atoms with Gasteiger partial charge in [-0.1, -0.05) is 6.58 Å². The Bertz CT molecular complexity index is 141. The van der Waals surface area contributed by atoms with Crippen molar-refractivity contribution in [3.05, 3.63) is 12.7 Å². The first kappa shape index (κ1) is 7.84. The van der Waals surface area contributed by atoms with Gasteiger partial charge in [-0.05, 0) is 6.08 Å². The average molecular weight is 129 g/mol. The molecule has 0 aromatic rings. The highest BCUT2D eigenvalue weighted by atomic mass is 16.4. The van der Waals surface area contributed by atoms with Gasteiger partial charge in [0.25, 0.3) is 0 Å². The van der Waals surface area contributed by atoms with Crippen LogP contribution in [0.25, 0.3) is 0 Å². The molecule has 0 aromatic heterocycles. The summed E-state index contributed by atoms with van der Waals surface area (Å²) in [4.78, 5) is 19.6. The predicted octanol–water partition coefficient (Wildman–Crippen LogP) is -0.902. The van der Waals surface area contributed by atoms with Gasteiger partial charge in [0, 0.05) is 0 Å². The first-order chi connectivity index (χ1) is 4.06. The van der Waals surface area contributed by atoms with Gasteiger partial charge in [-0.2, -0.15) is 0 Å². The molecule has 0 aromatic carbocycles. The molecule has 1 atom stereocenters. The Morgan fingerprint density at radius 3 is 2.22 bits per heavy atom. The molecule has 1 unspecified atom stereocenters. The number of carboxylic acid groups (broad SMARTS) is 1. The Labute approximate surface area is 51.4 Å². The molecule has 0 amide bonds. The monoisotopic (exact) mass is 129 g/mol. The van der Waals surface area contributed by atoms with E-state index in [0.29, 0.717) is 6.08 Å². The largest absolute Gasteiger partial charge is 0.479 e. The Hall–Kier alpha value is -1.16. The van der Waals surface area contributed by atoms with Gasteiger partial charge in [0.2, 0.25) is 11.9 Å². The van der Waals surface area contributed by atoms with Crippen LogP contribution < -0.4 is 0 Å². The highest BCUT2D eigenvalue weighted by Crippen LogP contribution is 1.99. The van der Waals surface area contributed by atoms with Crippen molar-refractivity contribution < 1.29 is 19.8 Å².